The van der Waals surface area contributed by atoms with Gasteiger partial charge in [-0.15, -0.1) is 0 Å². The zero-order valence-electron chi connectivity index (χ0n) is 14.9. The molecule has 2 aromatic carbocycles. The molecule has 2 aromatic rings. The van der Waals surface area contributed by atoms with E-state index in [9.17, 15) is 9.59 Å². The van der Waals surface area contributed by atoms with E-state index in [1.54, 1.807) is 18.1 Å². The van der Waals surface area contributed by atoms with Crippen LogP contribution in [0.25, 0.3) is 0 Å². The van der Waals surface area contributed by atoms with Gasteiger partial charge in [0.05, 0.1) is 7.11 Å². The maximum atomic E-state index is 13.1. The highest BCUT2D eigenvalue weighted by Crippen LogP contribution is 2.22. The van der Waals surface area contributed by atoms with Gasteiger partial charge in [-0.2, -0.15) is 0 Å². The van der Waals surface area contributed by atoms with E-state index in [4.69, 9.17) is 4.74 Å². The summed E-state index contributed by atoms with van der Waals surface area (Å²) in [7, 11) is 1.63. The summed E-state index contributed by atoms with van der Waals surface area (Å²) in [6.07, 6.45) is 4.74. The quantitative estimate of drug-likeness (QED) is 0.746. The summed E-state index contributed by atoms with van der Waals surface area (Å²) in [5, 5.41) is 0. The minimum atomic E-state index is -0.568. The first-order chi connectivity index (χ1) is 12.7. The number of nitrogens with zero attached hydrogens (tertiary/aromatic N) is 1. The van der Waals surface area contributed by atoms with Crippen LogP contribution in [-0.4, -0.2) is 23.7 Å². The number of hydrogen-bond donors (Lipinski definition) is 0. The molecule has 0 N–H and O–H groups in total. The number of ether oxygens (including phenoxy) is 1. The molecule has 0 saturated carbocycles. The van der Waals surface area contributed by atoms with E-state index < -0.39 is 5.92 Å². The fraction of sp³-hybridized carbons (Fsp3) is 0.273. The number of allylic oxidation sites excluding steroid dienone is 2. The molecule has 0 saturated heterocycles. The van der Waals surface area contributed by atoms with Crippen molar-refractivity contribution >= 4 is 11.7 Å². The van der Waals surface area contributed by atoms with Gasteiger partial charge >= 0.3 is 0 Å². The molecule has 0 aliphatic heterocycles. The van der Waals surface area contributed by atoms with Crippen molar-refractivity contribution in [3.05, 3.63) is 77.9 Å². The molecule has 4 heteroatoms. The molecular formula is C22H23NO3. The molecule has 0 heterocycles. The lowest BCUT2D eigenvalue weighted by Gasteiger charge is -2.27. The molecular weight excluding hydrogens is 326 g/mol. The van der Waals surface area contributed by atoms with Crippen molar-refractivity contribution in [2.24, 2.45) is 5.92 Å². The summed E-state index contributed by atoms with van der Waals surface area (Å²) in [4.78, 5) is 27.0. The second kappa shape index (κ2) is 8.48. The predicted molar refractivity (Wildman–Crippen MR) is 101 cm³/mol. The molecule has 0 fully saturated rings. The molecule has 0 bridgehead atoms. The molecule has 1 aliphatic rings. The van der Waals surface area contributed by atoms with Crippen LogP contribution >= 0.6 is 0 Å². The average Bonchev–Trinajstić information content (AvgIpc) is 2.69. The number of carbonyl (C=O) groups is 2. The summed E-state index contributed by atoms with van der Waals surface area (Å²) < 4.78 is 5.19. The fourth-order valence-electron chi connectivity index (χ4n) is 3.15. The van der Waals surface area contributed by atoms with Gasteiger partial charge in [0.2, 0.25) is 5.91 Å². The molecule has 26 heavy (non-hydrogen) atoms. The van der Waals surface area contributed by atoms with Gasteiger partial charge in [0.1, 0.15) is 11.7 Å². The van der Waals surface area contributed by atoms with Gasteiger partial charge in [0.25, 0.3) is 0 Å². The summed E-state index contributed by atoms with van der Waals surface area (Å²) in [5.41, 5.74) is 2.06. The first kappa shape index (κ1) is 17.9. The summed E-state index contributed by atoms with van der Waals surface area (Å²) >= 11 is 0. The van der Waals surface area contributed by atoms with Gasteiger partial charge in [-0.3, -0.25) is 9.59 Å². The number of hydrogen-bond acceptors (Lipinski definition) is 3. The van der Waals surface area contributed by atoms with Crippen LogP contribution in [0.2, 0.25) is 0 Å². The second-order valence-corrected chi connectivity index (χ2v) is 6.46. The third kappa shape index (κ3) is 4.39. The Hall–Kier alpha value is -2.88. The first-order valence-corrected chi connectivity index (χ1v) is 8.83. The lowest BCUT2D eigenvalue weighted by molar-refractivity contribution is -0.141. The Bertz CT molecular complexity index is 781. The fourth-order valence-corrected chi connectivity index (χ4v) is 3.15. The van der Waals surface area contributed by atoms with E-state index >= 15 is 0 Å². The van der Waals surface area contributed by atoms with Gasteiger partial charge in [0, 0.05) is 13.1 Å². The number of ketones is 1. The van der Waals surface area contributed by atoms with Crippen LogP contribution in [0.15, 0.2) is 66.7 Å². The molecule has 4 nitrogen and oxygen atoms in total. The first-order valence-electron chi connectivity index (χ1n) is 8.83. The zero-order valence-corrected chi connectivity index (χ0v) is 14.9. The highest BCUT2D eigenvalue weighted by Gasteiger charge is 2.30. The SMILES string of the molecule is COc1ccc(CN(Cc2ccccc2)C(=O)C2CCC=CC2=O)cc1. The standard InChI is InChI=1S/C22H23NO3/c1-26-19-13-11-18(12-14-19)16-23(15-17-7-3-2-4-8-17)22(25)20-9-5-6-10-21(20)24/h2-4,6-8,10-14,20H,5,9,15-16H2,1H3. The van der Waals surface area contributed by atoms with Crippen molar-refractivity contribution in [2.75, 3.05) is 7.11 Å². The molecule has 1 amide bonds. The van der Waals surface area contributed by atoms with Crippen LogP contribution in [0.1, 0.15) is 24.0 Å². The number of amides is 1. The van der Waals surface area contributed by atoms with Gasteiger partial charge in [-0.1, -0.05) is 48.5 Å². The minimum Gasteiger partial charge on any atom is -0.497 e. The number of rotatable bonds is 6. The summed E-state index contributed by atoms with van der Waals surface area (Å²) in [6.45, 7) is 0.949. The van der Waals surface area contributed by atoms with Crippen molar-refractivity contribution in [1.29, 1.82) is 0 Å². The maximum Gasteiger partial charge on any atom is 0.234 e. The van der Waals surface area contributed by atoms with Crippen molar-refractivity contribution < 1.29 is 14.3 Å². The number of carbonyl (C=O) groups excluding carboxylic acids is 2. The van der Waals surface area contributed by atoms with Gasteiger partial charge in [-0.25, -0.2) is 0 Å². The topological polar surface area (TPSA) is 46.6 Å². The summed E-state index contributed by atoms with van der Waals surface area (Å²) in [5.74, 6) is 0.0253. The van der Waals surface area contributed by atoms with E-state index in [1.807, 2.05) is 60.7 Å². The van der Waals surface area contributed by atoms with Crippen LogP contribution in [-0.2, 0) is 22.7 Å². The third-order valence-electron chi connectivity index (χ3n) is 4.61. The molecule has 0 aromatic heterocycles. The van der Waals surface area contributed by atoms with Crippen LogP contribution < -0.4 is 4.74 Å². The smallest absolute Gasteiger partial charge is 0.234 e. The average molecular weight is 349 g/mol. The van der Waals surface area contributed by atoms with Crippen LogP contribution in [0.3, 0.4) is 0 Å². The van der Waals surface area contributed by atoms with Crippen molar-refractivity contribution in [3.8, 4) is 5.75 Å². The number of methoxy groups -OCH3 is 1. The predicted octanol–water partition coefficient (Wildman–Crippen LogP) is 3.76. The van der Waals surface area contributed by atoms with Crippen LogP contribution in [0.4, 0.5) is 0 Å². The van der Waals surface area contributed by atoms with Crippen LogP contribution in [0, 0.1) is 5.92 Å². The van der Waals surface area contributed by atoms with Crippen molar-refractivity contribution in [3.63, 3.8) is 0 Å². The highest BCUT2D eigenvalue weighted by molar-refractivity contribution is 6.07. The van der Waals surface area contributed by atoms with Gasteiger partial charge < -0.3 is 9.64 Å². The molecule has 1 atom stereocenters. The van der Waals surface area contributed by atoms with Crippen molar-refractivity contribution in [1.82, 2.24) is 4.90 Å². The molecule has 1 unspecified atom stereocenters. The molecule has 134 valence electrons. The summed E-state index contributed by atoms with van der Waals surface area (Å²) in [6, 6.07) is 17.5. The van der Waals surface area contributed by atoms with E-state index in [-0.39, 0.29) is 11.7 Å². The van der Waals surface area contributed by atoms with Crippen LogP contribution in [0.5, 0.6) is 5.75 Å². The van der Waals surface area contributed by atoms with Gasteiger partial charge in [-0.05, 0) is 42.2 Å². The van der Waals surface area contributed by atoms with E-state index in [0.717, 1.165) is 23.3 Å². The van der Waals surface area contributed by atoms with Gasteiger partial charge in [0.15, 0.2) is 5.78 Å². The Labute approximate surface area is 154 Å². The lowest BCUT2D eigenvalue weighted by atomic mass is 9.91. The Morgan fingerprint density at radius 2 is 1.69 bits per heavy atom. The highest BCUT2D eigenvalue weighted by atomic mass is 16.5. The van der Waals surface area contributed by atoms with E-state index in [2.05, 4.69) is 0 Å². The normalized spacial score (nSPS) is 16.3. The Balaban J connectivity index is 1.81. The third-order valence-corrected chi connectivity index (χ3v) is 4.61. The van der Waals surface area contributed by atoms with Crippen molar-refractivity contribution in [2.45, 2.75) is 25.9 Å². The van der Waals surface area contributed by atoms with E-state index in [0.29, 0.717) is 19.5 Å². The Kier molecular flexibility index (Phi) is 5.84. The Morgan fingerprint density at radius 3 is 2.31 bits per heavy atom. The molecule has 0 radical (unpaired) electrons. The largest absolute Gasteiger partial charge is 0.497 e. The minimum absolute atomic E-state index is 0.0888. The second-order valence-electron chi connectivity index (χ2n) is 6.46. The molecule has 3 rings (SSSR count). The number of benzene rings is 2. The molecule has 1 aliphatic carbocycles. The maximum absolute atomic E-state index is 13.1. The lowest BCUT2D eigenvalue weighted by Crippen LogP contribution is -2.39. The zero-order chi connectivity index (χ0) is 18.4. The Morgan fingerprint density at radius 1 is 1.04 bits per heavy atom. The monoisotopic (exact) mass is 349 g/mol. The van der Waals surface area contributed by atoms with E-state index in [1.165, 1.54) is 0 Å². The molecule has 0 spiro atoms.